The maximum Gasteiger partial charge on any atom is 0.170 e. The van der Waals surface area contributed by atoms with Crippen LogP contribution in [0.2, 0.25) is 0 Å². The molecule has 0 saturated carbocycles. The number of hydrogen-bond donors (Lipinski definition) is 1. The van der Waals surface area contributed by atoms with E-state index in [9.17, 15) is 0 Å². The van der Waals surface area contributed by atoms with Crippen LogP contribution >= 0.6 is 15.9 Å². The summed E-state index contributed by atoms with van der Waals surface area (Å²) in [6.45, 7) is 4.21. The summed E-state index contributed by atoms with van der Waals surface area (Å²) in [5.41, 5.74) is 6.92. The number of benzene rings is 1. The number of rotatable bonds is 4. The van der Waals surface area contributed by atoms with Crippen LogP contribution in [0, 0.1) is 6.92 Å². The lowest BCUT2D eigenvalue weighted by atomic mass is 10.1. The van der Waals surface area contributed by atoms with E-state index in [-0.39, 0.29) is 6.04 Å². The lowest BCUT2D eigenvalue weighted by Gasteiger charge is -2.14. The van der Waals surface area contributed by atoms with E-state index in [1.807, 2.05) is 43.7 Å². The first kappa shape index (κ1) is 14.0. The van der Waals surface area contributed by atoms with Crippen LogP contribution in [0.3, 0.4) is 0 Å². The minimum atomic E-state index is -0.0891. The van der Waals surface area contributed by atoms with Crippen LogP contribution in [0.15, 0.2) is 22.7 Å². The molecular formula is C13H17BrN4O. The van der Waals surface area contributed by atoms with Crippen LogP contribution in [0.25, 0.3) is 0 Å². The Morgan fingerprint density at radius 1 is 1.42 bits per heavy atom. The van der Waals surface area contributed by atoms with E-state index < -0.39 is 0 Å². The second kappa shape index (κ2) is 5.71. The highest BCUT2D eigenvalue weighted by Gasteiger charge is 2.11. The van der Waals surface area contributed by atoms with E-state index in [0.29, 0.717) is 6.61 Å². The van der Waals surface area contributed by atoms with Crippen LogP contribution in [0.1, 0.15) is 30.2 Å². The zero-order valence-electron chi connectivity index (χ0n) is 11.2. The summed E-state index contributed by atoms with van der Waals surface area (Å²) in [6.07, 6.45) is 0. The number of nitrogens with two attached hydrogens (primary N) is 1. The molecule has 0 aliphatic rings. The van der Waals surface area contributed by atoms with Gasteiger partial charge in [-0.05, 0) is 32.0 Å². The Morgan fingerprint density at radius 3 is 2.74 bits per heavy atom. The molecule has 102 valence electrons. The summed E-state index contributed by atoms with van der Waals surface area (Å²) in [4.78, 5) is 0. The van der Waals surface area contributed by atoms with Gasteiger partial charge in [0.25, 0.3) is 0 Å². The first-order valence-electron chi connectivity index (χ1n) is 6.01. The molecule has 1 atom stereocenters. The van der Waals surface area contributed by atoms with Gasteiger partial charge in [0.2, 0.25) is 0 Å². The molecule has 2 rings (SSSR count). The summed E-state index contributed by atoms with van der Waals surface area (Å²) >= 11 is 3.44. The maximum atomic E-state index is 5.95. The molecule has 0 fully saturated rings. The van der Waals surface area contributed by atoms with Crippen LogP contribution in [0.5, 0.6) is 5.75 Å². The van der Waals surface area contributed by atoms with Crippen molar-refractivity contribution in [2.75, 3.05) is 0 Å². The number of halogens is 1. The molecule has 6 heteroatoms. The Morgan fingerprint density at radius 2 is 2.16 bits per heavy atom. The molecule has 1 heterocycles. The largest absolute Gasteiger partial charge is 0.485 e. The Hall–Kier alpha value is -1.40. The second-order valence-corrected chi connectivity index (χ2v) is 5.40. The SMILES string of the molecule is Cc1nnc(COc2ccc(Br)cc2C(C)N)n1C. The van der Waals surface area contributed by atoms with Gasteiger partial charge in [0, 0.05) is 23.1 Å². The average Bonchev–Trinajstić information content (AvgIpc) is 2.68. The molecule has 19 heavy (non-hydrogen) atoms. The lowest BCUT2D eigenvalue weighted by Crippen LogP contribution is -2.10. The maximum absolute atomic E-state index is 5.95. The van der Waals surface area contributed by atoms with E-state index >= 15 is 0 Å². The van der Waals surface area contributed by atoms with Gasteiger partial charge in [-0.1, -0.05) is 15.9 Å². The van der Waals surface area contributed by atoms with Gasteiger partial charge in [0.1, 0.15) is 18.2 Å². The van der Waals surface area contributed by atoms with Gasteiger partial charge in [0.15, 0.2) is 5.82 Å². The van der Waals surface area contributed by atoms with Gasteiger partial charge < -0.3 is 15.0 Å². The third-order valence-corrected chi connectivity index (χ3v) is 3.50. The van der Waals surface area contributed by atoms with Crippen molar-refractivity contribution in [3.63, 3.8) is 0 Å². The van der Waals surface area contributed by atoms with Gasteiger partial charge in [0.05, 0.1) is 0 Å². The predicted molar refractivity (Wildman–Crippen MR) is 76.8 cm³/mol. The molecule has 0 amide bonds. The van der Waals surface area contributed by atoms with Crippen molar-refractivity contribution >= 4 is 15.9 Å². The standard InChI is InChI=1S/C13H17BrN4O/c1-8(15)11-6-10(14)4-5-12(11)19-7-13-17-16-9(2)18(13)3/h4-6,8H,7,15H2,1-3H3. The third-order valence-electron chi connectivity index (χ3n) is 3.00. The fraction of sp³-hybridized carbons (Fsp3) is 0.385. The minimum Gasteiger partial charge on any atom is -0.485 e. The predicted octanol–water partition coefficient (Wildman–Crippen LogP) is 2.48. The summed E-state index contributed by atoms with van der Waals surface area (Å²) in [5, 5.41) is 8.07. The molecule has 2 aromatic rings. The summed E-state index contributed by atoms with van der Waals surface area (Å²) in [6, 6.07) is 5.73. The number of aryl methyl sites for hydroxylation is 1. The smallest absolute Gasteiger partial charge is 0.170 e. The van der Waals surface area contributed by atoms with Gasteiger partial charge in [-0.15, -0.1) is 10.2 Å². The van der Waals surface area contributed by atoms with E-state index in [1.54, 1.807) is 0 Å². The van der Waals surface area contributed by atoms with E-state index in [0.717, 1.165) is 27.4 Å². The van der Waals surface area contributed by atoms with Crippen molar-refractivity contribution in [1.29, 1.82) is 0 Å². The molecule has 2 N–H and O–H groups in total. The van der Waals surface area contributed by atoms with Gasteiger partial charge in [-0.25, -0.2) is 0 Å². The van der Waals surface area contributed by atoms with Crippen LogP contribution in [0.4, 0.5) is 0 Å². The monoisotopic (exact) mass is 324 g/mol. The molecule has 0 aliphatic carbocycles. The van der Waals surface area contributed by atoms with Crippen molar-refractivity contribution in [3.8, 4) is 5.75 Å². The first-order valence-corrected chi connectivity index (χ1v) is 6.81. The van der Waals surface area contributed by atoms with Crippen molar-refractivity contribution < 1.29 is 4.74 Å². The fourth-order valence-corrected chi connectivity index (χ4v) is 2.10. The fourth-order valence-electron chi connectivity index (χ4n) is 1.73. The van der Waals surface area contributed by atoms with E-state index in [2.05, 4.69) is 26.1 Å². The molecular weight excluding hydrogens is 308 g/mol. The Kier molecular flexibility index (Phi) is 4.21. The van der Waals surface area contributed by atoms with Gasteiger partial charge in [-0.2, -0.15) is 0 Å². The van der Waals surface area contributed by atoms with Crippen molar-refractivity contribution in [2.24, 2.45) is 12.8 Å². The van der Waals surface area contributed by atoms with Crippen LogP contribution in [-0.4, -0.2) is 14.8 Å². The van der Waals surface area contributed by atoms with Gasteiger partial charge in [-0.3, -0.25) is 0 Å². The summed E-state index contributed by atoms with van der Waals surface area (Å²) < 4.78 is 8.70. The molecule has 0 bridgehead atoms. The average molecular weight is 325 g/mol. The van der Waals surface area contributed by atoms with Crippen molar-refractivity contribution in [1.82, 2.24) is 14.8 Å². The molecule has 0 spiro atoms. The summed E-state index contributed by atoms with van der Waals surface area (Å²) in [5.74, 6) is 2.43. The second-order valence-electron chi connectivity index (χ2n) is 4.48. The highest BCUT2D eigenvalue weighted by Crippen LogP contribution is 2.28. The topological polar surface area (TPSA) is 66.0 Å². The van der Waals surface area contributed by atoms with Crippen molar-refractivity contribution in [3.05, 3.63) is 39.9 Å². The number of aromatic nitrogens is 3. The number of ether oxygens (including phenoxy) is 1. The third kappa shape index (κ3) is 3.13. The van der Waals surface area contributed by atoms with Crippen LogP contribution < -0.4 is 10.5 Å². The Balaban J connectivity index is 2.17. The number of hydrogen-bond acceptors (Lipinski definition) is 4. The lowest BCUT2D eigenvalue weighted by molar-refractivity contribution is 0.286. The zero-order valence-corrected chi connectivity index (χ0v) is 12.8. The molecule has 5 nitrogen and oxygen atoms in total. The molecule has 0 aliphatic heterocycles. The van der Waals surface area contributed by atoms with E-state index in [1.165, 1.54) is 0 Å². The zero-order chi connectivity index (χ0) is 14.0. The Labute approximate surface area is 120 Å². The quantitative estimate of drug-likeness (QED) is 0.938. The first-order chi connectivity index (χ1) is 8.99. The molecule has 0 saturated heterocycles. The normalized spacial score (nSPS) is 12.5. The highest BCUT2D eigenvalue weighted by molar-refractivity contribution is 9.10. The van der Waals surface area contributed by atoms with Crippen LogP contribution in [-0.2, 0) is 13.7 Å². The molecule has 1 unspecified atom stereocenters. The Bertz CT molecular complexity index is 580. The van der Waals surface area contributed by atoms with Gasteiger partial charge >= 0.3 is 0 Å². The minimum absolute atomic E-state index is 0.0891. The van der Waals surface area contributed by atoms with E-state index in [4.69, 9.17) is 10.5 Å². The highest BCUT2D eigenvalue weighted by atomic mass is 79.9. The molecule has 1 aromatic heterocycles. The molecule has 0 radical (unpaired) electrons. The molecule has 1 aromatic carbocycles. The van der Waals surface area contributed by atoms with Crippen molar-refractivity contribution in [2.45, 2.75) is 26.5 Å². The summed E-state index contributed by atoms with van der Waals surface area (Å²) in [7, 11) is 1.92. The number of nitrogens with zero attached hydrogens (tertiary/aromatic N) is 3.